The molecular weight excluding hydrogens is 1790 g/mol. The molecule has 0 amide bonds. The molecule has 0 fully saturated rings. The van der Waals surface area contributed by atoms with Gasteiger partial charge in [0.2, 0.25) is 0 Å². The number of furan rings is 4. The van der Waals surface area contributed by atoms with Crippen LogP contribution in [-0.2, 0) is 0 Å². The molecule has 4 heteroatoms. The highest BCUT2D eigenvalue weighted by molar-refractivity contribution is 6.30. The Morgan fingerprint density at radius 2 is 0.318 bits per heavy atom. The minimum Gasteiger partial charge on any atom is -0.456 e. The Morgan fingerprint density at radius 1 is 0.122 bits per heavy atom. The molecule has 4 aromatic heterocycles. The number of fused-ring (bicyclic) bond motifs is 28. The van der Waals surface area contributed by atoms with Crippen LogP contribution < -0.4 is 0 Å². The SMILES string of the molecule is [2H]c1c([2H])c([2H])c2c(-c3ccc4oc5c6ccccc6ccc5c4c3)c3c([2H])c([2H])c([2H])c([2H])c3c(-c3ccccc3)c2c1[2H].[2H]c1c([2H])c([2H])c2c(-c3ccc4oc5ccc6ccccc6c5c4c3)c3c([2H])c([2H])c([2H])c([2H])c3c(-c3ccccc3)c2c1[2H].c1ccc(-c2c3ccccc3c(-c3ccc4oc5c6ccccc6ccc5c4c3)c3ccccc23)cc1.c1ccc(-c2c3ccccc3c(-c3ccc4oc5ccc6ccccc6c5c4c3)c3ccccc23)cc1. The summed E-state index contributed by atoms with van der Waals surface area (Å²) in [4.78, 5) is 0. The van der Waals surface area contributed by atoms with E-state index in [-0.39, 0.29) is 91.4 Å². The largest absolute Gasteiger partial charge is 0.456 e. The third-order valence-electron chi connectivity index (χ3n) is 29.5. The smallest absolute Gasteiger partial charge is 0.143 e. The van der Waals surface area contributed by atoms with Gasteiger partial charge in [0.25, 0.3) is 0 Å². The van der Waals surface area contributed by atoms with Crippen LogP contribution in [0.3, 0.4) is 0 Å². The Kier molecular flexibility index (Phi) is 16.7. The van der Waals surface area contributed by atoms with Gasteiger partial charge in [0.15, 0.2) is 0 Å². The van der Waals surface area contributed by atoms with Crippen molar-refractivity contribution in [1.29, 1.82) is 0 Å². The molecule has 0 aliphatic heterocycles. The van der Waals surface area contributed by atoms with E-state index in [0.717, 1.165) is 92.5 Å². The van der Waals surface area contributed by atoms with Crippen molar-refractivity contribution < 1.29 is 39.6 Å². The van der Waals surface area contributed by atoms with Gasteiger partial charge < -0.3 is 17.7 Å². The van der Waals surface area contributed by atoms with Crippen LogP contribution in [0.2, 0.25) is 0 Å². The summed E-state index contributed by atoms with van der Waals surface area (Å²) < 4.78 is 167. The van der Waals surface area contributed by atoms with Crippen molar-refractivity contribution in [2.24, 2.45) is 0 Å². The molecule has 688 valence electrons. The van der Waals surface area contributed by atoms with Gasteiger partial charge in [0, 0.05) is 53.9 Å². The molecule has 0 saturated heterocycles. The lowest BCUT2D eigenvalue weighted by molar-refractivity contribution is 0.669. The van der Waals surface area contributed by atoms with E-state index in [2.05, 4.69) is 267 Å². The maximum atomic E-state index is 9.14. The fourth-order valence-corrected chi connectivity index (χ4v) is 23.1. The Bertz CT molecular complexity index is 11800. The molecule has 0 aliphatic carbocycles. The Morgan fingerprint density at radius 3 is 0.595 bits per heavy atom. The third-order valence-corrected chi connectivity index (χ3v) is 29.5. The Labute approximate surface area is 873 Å². The van der Waals surface area contributed by atoms with Gasteiger partial charge in [-0.25, -0.2) is 0 Å². The lowest BCUT2D eigenvalue weighted by atomic mass is 9.86. The first-order valence-electron chi connectivity index (χ1n) is 57.5. The summed E-state index contributed by atoms with van der Waals surface area (Å²) in [5, 5.41) is 28.5. The lowest BCUT2D eigenvalue weighted by Crippen LogP contribution is -1.90. The average molecular weight is 1900 g/mol. The lowest BCUT2D eigenvalue weighted by Gasteiger charge is -2.17. The van der Waals surface area contributed by atoms with Crippen LogP contribution in [0.4, 0.5) is 0 Å². The Hall–Kier alpha value is -19.5. The van der Waals surface area contributed by atoms with Crippen LogP contribution in [0.15, 0.2) is 551 Å². The van der Waals surface area contributed by atoms with Crippen molar-refractivity contribution in [1.82, 2.24) is 0 Å². The van der Waals surface area contributed by atoms with E-state index in [1.807, 2.05) is 97.1 Å². The first-order valence-corrected chi connectivity index (χ1v) is 49.5. The van der Waals surface area contributed by atoms with E-state index in [9.17, 15) is 0 Å². The minimum absolute atomic E-state index is 0.189. The maximum absolute atomic E-state index is 9.14. The number of benzene rings is 28. The van der Waals surface area contributed by atoms with Crippen LogP contribution in [0.1, 0.15) is 21.9 Å². The standard InChI is InChI=1S/4C36H22O/c2*1-2-11-24(12-3-1)34-27-14-6-8-16-29(27)35(30-17-9-7-15-28(30)34)25-19-20-32-31(22-25)36-26-13-5-4-10-23(26)18-21-33(36)37-32;2*1-2-11-24(12-3-1)34-27-14-6-8-16-29(27)35(30-17-9-7-15-28(30)34)25-19-21-33-32(22-25)31-20-18-23-10-4-5-13-26(23)36(31)37-33/h4*1-22H/i6D,7D,8D,9D,14D,15D,16D,17D;;6D,7D,8D,9D,14D,15D,16D,17D;. The van der Waals surface area contributed by atoms with Gasteiger partial charge >= 0.3 is 0 Å². The summed E-state index contributed by atoms with van der Waals surface area (Å²) in [6.07, 6.45) is 0. The second-order valence-electron chi connectivity index (χ2n) is 37.5. The van der Waals surface area contributed by atoms with Gasteiger partial charge in [0.1, 0.15) is 44.7 Å². The van der Waals surface area contributed by atoms with Crippen LogP contribution in [0.5, 0.6) is 0 Å². The molecule has 0 atom stereocenters. The van der Waals surface area contributed by atoms with Crippen LogP contribution in [-0.4, -0.2) is 0 Å². The van der Waals surface area contributed by atoms with E-state index in [0.29, 0.717) is 61.3 Å². The van der Waals surface area contributed by atoms with Gasteiger partial charge in [-0.15, -0.1) is 0 Å². The first-order chi connectivity index (χ1) is 80.1. The highest BCUT2D eigenvalue weighted by Crippen LogP contribution is 2.53. The van der Waals surface area contributed by atoms with E-state index in [4.69, 9.17) is 39.6 Å². The molecule has 4 heterocycles. The molecule has 0 bridgehead atoms. The zero-order valence-corrected chi connectivity index (χ0v) is 79.2. The summed E-state index contributed by atoms with van der Waals surface area (Å²) in [6.45, 7) is 0. The van der Waals surface area contributed by atoms with Crippen molar-refractivity contribution in [2.45, 2.75) is 0 Å². The molecule has 0 aliphatic rings. The fourth-order valence-electron chi connectivity index (χ4n) is 23.1. The van der Waals surface area contributed by atoms with Crippen LogP contribution in [0.25, 0.3) is 306 Å². The topological polar surface area (TPSA) is 52.6 Å². The fraction of sp³-hybridized carbons (Fsp3) is 0. The molecule has 148 heavy (non-hydrogen) atoms. The molecule has 4 nitrogen and oxygen atoms in total. The van der Waals surface area contributed by atoms with Crippen LogP contribution in [0, 0.1) is 0 Å². The zero-order valence-electron chi connectivity index (χ0n) is 95.2. The summed E-state index contributed by atoms with van der Waals surface area (Å²) in [7, 11) is 0. The van der Waals surface area contributed by atoms with Crippen LogP contribution >= 0.6 is 0 Å². The normalized spacial score (nSPS) is 13.3. The summed E-state index contributed by atoms with van der Waals surface area (Å²) in [5.74, 6) is 0. The quantitative estimate of drug-likeness (QED) is 0.142. The molecule has 32 aromatic rings. The van der Waals surface area contributed by atoms with Gasteiger partial charge in [0.05, 0.1) is 21.9 Å². The second kappa shape index (κ2) is 35.3. The van der Waals surface area contributed by atoms with Crippen molar-refractivity contribution >= 4 is 217 Å². The van der Waals surface area contributed by atoms with Gasteiger partial charge in [-0.2, -0.15) is 0 Å². The van der Waals surface area contributed by atoms with Gasteiger partial charge in [-0.1, -0.05) is 461 Å². The van der Waals surface area contributed by atoms with Crippen molar-refractivity contribution in [3.05, 3.63) is 533 Å². The monoisotopic (exact) mass is 1900 g/mol. The van der Waals surface area contributed by atoms with Crippen molar-refractivity contribution in [3.8, 4) is 89.0 Å². The molecule has 0 radical (unpaired) electrons. The molecule has 0 spiro atoms. The van der Waals surface area contributed by atoms with Crippen molar-refractivity contribution in [2.75, 3.05) is 0 Å². The summed E-state index contributed by atoms with van der Waals surface area (Å²) >= 11 is 0. The third kappa shape index (κ3) is 14.1. The second-order valence-corrected chi connectivity index (χ2v) is 37.5. The number of rotatable bonds is 8. The highest BCUT2D eigenvalue weighted by atomic mass is 16.3. The van der Waals surface area contributed by atoms with E-state index in [1.54, 1.807) is 72.8 Å². The molecule has 0 unspecified atom stereocenters. The van der Waals surface area contributed by atoms with Gasteiger partial charge in [-0.3, -0.25) is 0 Å². The van der Waals surface area contributed by atoms with E-state index in [1.165, 1.54) is 109 Å². The molecule has 0 N–H and O–H groups in total. The zero-order chi connectivity index (χ0) is 111. The molecule has 32 rings (SSSR count). The summed E-state index contributed by atoms with van der Waals surface area (Å²) in [6, 6.07) is 143. The first kappa shape index (κ1) is 70.2. The van der Waals surface area contributed by atoms with Gasteiger partial charge in [-0.05, 0) is 280 Å². The minimum atomic E-state index is -0.422. The molecule has 28 aromatic carbocycles. The van der Waals surface area contributed by atoms with E-state index >= 15 is 0 Å². The predicted molar refractivity (Wildman–Crippen MR) is 628 cm³/mol. The molecular formula is C144H88O4. The average Bonchev–Trinajstić information content (AvgIpc) is 0.728. The van der Waals surface area contributed by atoms with Crippen molar-refractivity contribution in [3.63, 3.8) is 0 Å². The maximum Gasteiger partial charge on any atom is 0.143 e. The predicted octanol–water partition coefficient (Wildman–Crippen LogP) is 41.5. The Balaban J connectivity index is 0.000000100. The highest BCUT2D eigenvalue weighted by Gasteiger charge is 2.26. The molecule has 0 saturated carbocycles. The number of hydrogen-bond donors (Lipinski definition) is 0. The van der Waals surface area contributed by atoms with E-state index < -0.39 is 48.3 Å². The summed E-state index contributed by atoms with van der Waals surface area (Å²) in [5.41, 5.74) is 20.0. The number of hydrogen-bond acceptors (Lipinski definition) is 4.